The lowest BCUT2D eigenvalue weighted by molar-refractivity contribution is -0.156. The fourth-order valence-electron chi connectivity index (χ4n) is 2.66. The first-order valence-electron chi connectivity index (χ1n) is 7.07. The summed E-state index contributed by atoms with van der Waals surface area (Å²) >= 11 is 0. The van der Waals surface area contributed by atoms with E-state index in [1.165, 1.54) is 0 Å². The van der Waals surface area contributed by atoms with Gasteiger partial charge in [-0.2, -0.15) is 0 Å². The smallest absolute Gasteiger partial charge is 0.311 e. The summed E-state index contributed by atoms with van der Waals surface area (Å²) in [5.41, 5.74) is 0.483. The Balaban J connectivity index is 1.68. The van der Waals surface area contributed by atoms with Gasteiger partial charge in [0.2, 0.25) is 0 Å². The average Bonchev–Trinajstić information content (AvgIpc) is 2.88. The number of aryl methyl sites for hydroxylation is 2. The molecule has 0 amide bonds. The second-order valence-electron chi connectivity index (χ2n) is 5.55. The first-order chi connectivity index (χ1) is 10.2. The van der Waals surface area contributed by atoms with Gasteiger partial charge in [0.1, 0.15) is 0 Å². The van der Waals surface area contributed by atoms with E-state index in [9.17, 15) is 9.90 Å². The predicted molar refractivity (Wildman–Crippen MR) is 73.4 cm³/mol. The van der Waals surface area contributed by atoms with Gasteiger partial charge < -0.3 is 5.11 Å². The zero-order valence-electron chi connectivity index (χ0n) is 11.6. The van der Waals surface area contributed by atoms with E-state index in [1.807, 2.05) is 12.1 Å². The van der Waals surface area contributed by atoms with E-state index in [4.69, 9.17) is 0 Å². The zero-order chi connectivity index (χ0) is 14.7. The van der Waals surface area contributed by atoms with Gasteiger partial charge >= 0.3 is 5.97 Å². The fourth-order valence-corrected chi connectivity index (χ4v) is 2.66. The maximum Gasteiger partial charge on any atom is 0.311 e. The molecule has 7 heteroatoms. The Hall–Kier alpha value is -2.31. The van der Waals surface area contributed by atoms with Crippen LogP contribution in [0, 0.1) is 5.41 Å². The molecule has 1 aliphatic rings. The summed E-state index contributed by atoms with van der Waals surface area (Å²) in [4.78, 5) is 15.4. The first kappa shape index (κ1) is 13.7. The Morgan fingerprint density at radius 3 is 2.67 bits per heavy atom. The second-order valence-corrected chi connectivity index (χ2v) is 5.55. The van der Waals surface area contributed by atoms with Crippen LogP contribution in [-0.4, -0.2) is 36.3 Å². The monoisotopic (exact) mass is 287 g/mol. The normalized spacial score (nSPS) is 16.4. The van der Waals surface area contributed by atoms with Crippen molar-refractivity contribution < 1.29 is 9.90 Å². The summed E-state index contributed by atoms with van der Waals surface area (Å²) in [5, 5.41) is 21.1. The number of carboxylic acids is 1. The van der Waals surface area contributed by atoms with Gasteiger partial charge in [0.05, 0.1) is 12.0 Å². The number of carbonyl (C=O) groups is 1. The lowest BCUT2D eigenvalue weighted by Crippen LogP contribution is -2.42. The molecule has 21 heavy (non-hydrogen) atoms. The van der Waals surface area contributed by atoms with Crippen molar-refractivity contribution in [3.05, 3.63) is 35.9 Å². The molecule has 0 saturated heterocycles. The molecule has 7 nitrogen and oxygen atoms in total. The highest BCUT2D eigenvalue weighted by atomic mass is 16.4. The zero-order valence-corrected chi connectivity index (χ0v) is 11.6. The van der Waals surface area contributed by atoms with Gasteiger partial charge in [0.15, 0.2) is 5.82 Å². The molecule has 0 aromatic carbocycles. The third-order valence-corrected chi connectivity index (χ3v) is 4.21. The van der Waals surface area contributed by atoms with Crippen molar-refractivity contribution in [3.8, 4) is 0 Å². The number of aliphatic carboxylic acids is 1. The highest BCUT2D eigenvalue weighted by Crippen LogP contribution is 2.42. The summed E-state index contributed by atoms with van der Waals surface area (Å²) in [5.74, 6) is -0.0105. The number of hydrogen-bond acceptors (Lipinski definition) is 5. The molecule has 1 fully saturated rings. The van der Waals surface area contributed by atoms with Crippen LogP contribution in [0.15, 0.2) is 24.5 Å². The maximum atomic E-state index is 11.4. The molecule has 0 bridgehead atoms. The molecule has 0 aliphatic heterocycles. The van der Waals surface area contributed by atoms with Crippen molar-refractivity contribution in [1.82, 2.24) is 25.2 Å². The maximum absolute atomic E-state index is 11.4. The van der Waals surface area contributed by atoms with Gasteiger partial charge in [0.25, 0.3) is 0 Å². The number of pyridine rings is 1. The van der Waals surface area contributed by atoms with Crippen LogP contribution in [0.4, 0.5) is 0 Å². The third-order valence-electron chi connectivity index (χ3n) is 4.21. The minimum Gasteiger partial charge on any atom is -0.481 e. The van der Waals surface area contributed by atoms with Crippen LogP contribution in [0.25, 0.3) is 0 Å². The van der Waals surface area contributed by atoms with Crippen molar-refractivity contribution >= 4 is 5.97 Å². The van der Waals surface area contributed by atoms with Crippen LogP contribution >= 0.6 is 0 Å². The molecule has 0 atom stereocenters. The van der Waals surface area contributed by atoms with Crippen LogP contribution in [0.3, 0.4) is 0 Å². The highest BCUT2D eigenvalue weighted by Gasteiger charge is 2.45. The number of aromatic nitrogens is 5. The lowest BCUT2D eigenvalue weighted by Gasteiger charge is -2.37. The van der Waals surface area contributed by atoms with Crippen LogP contribution in [-0.2, 0) is 24.2 Å². The van der Waals surface area contributed by atoms with Crippen LogP contribution in [0.5, 0.6) is 0 Å². The van der Waals surface area contributed by atoms with E-state index in [0.717, 1.165) is 24.2 Å². The largest absolute Gasteiger partial charge is 0.481 e. The van der Waals surface area contributed by atoms with E-state index in [1.54, 1.807) is 17.1 Å². The highest BCUT2D eigenvalue weighted by molar-refractivity contribution is 5.75. The molecule has 1 aliphatic carbocycles. The molecular formula is C14H17N5O2. The summed E-state index contributed by atoms with van der Waals surface area (Å²) in [6, 6.07) is 3.91. The summed E-state index contributed by atoms with van der Waals surface area (Å²) < 4.78 is 1.65. The Morgan fingerprint density at radius 2 is 2.05 bits per heavy atom. The first-order valence-corrected chi connectivity index (χ1v) is 7.07. The van der Waals surface area contributed by atoms with Crippen molar-refractivity contribution in [2.75, 3.05) is 0 Å². The molecule has 2 aromatic heterocycles. The van der Waals surface area contributed by atoms with Crippen molar-refractivity contribution in [2.45, 2.75) is 38.6 Å². The number of nitrogens with zero attached hydrogens (tertiary/aromatic N) is 5. The van der Waals surface area contributed by atoms with E-state index in [-0.39, 0.29) is 0 Å². The molecular weight excluding hydrogens is 270 g/mol. The molecule has 2 heterocycles. The summed E-state index contributed by atoms with van der Waals surface area (Å²) in [6.07, 6.45) is 7.37. The molecule has 0 unspecified atom stereocenters. The third kappa shape index (κ3) is 2.76. The minimum atomic E-state index is -0.746. The van der Waals surface area contributed by atoms with Crippen molar-refractivity contribution in [3.63, 3.8) is 0 Å². The molecule has 110 valence electrons. The number of rotatable bonds is 6. The molecule has 1 saturated carbocycles. The van der Waals surface area contributed by atoms with Gasteiger partial charge in [-0.05, 0) is 47.4 Å². The predicted octanol–water partition coefficient (Wildman–Crippen LogP) is 1.11. The van der Waals surface area contributed by atoms with Gasteiger partial charge in [-0.25, -0.2) is 4.68 Å². The number of hydrogen-bond donors (Lipinski definition) is 1. The molecule has 2 aromatic rings. The molecule has 0 radical (unpaired) electrons. The summed E-state index contributed by atoms with van der Waals surface area (Å²) in [7, 11) is 0. The Morgan fingerprint density at radius 1 is 1.29 bits per heavy atom. The number of tetrazole rings is 1. The van der Waals surface area contributed by atoms with E-state index in [0.29, 0.717) is 25.8 Å². The average molecular weight is 287 g/mol. The van der Waals surface area contributed by atoms with Crippen LogP contribution in [0.1, 0.15) is 30.7 Å². The van der Waals surface area contributed by atoms with Gasteiger partial charge in [-0.1, -0.05) is 6.42 Å². The lowest BCUT2D eigenvalue weighted by atomic mass is 9.69. The molecule has 0 spiro atoms. The topological polar surface area (TPSA) is 93.8 Å². The van der Waals surface area contributed by atoms with E-state index < -0.39 is 11.4 Å². The van der Waals surface area contributed by atoms with Crippen LogP contribution in [0.2, 0.25) is 0 Å². The van der Waals surface area contributed by atoms with Gasteiger partial charge in [-0.15, -0.1) is 5.10 Å². The Kier molecular flexibility index (Phi) is 3.64. The Labute approximate surface area is 122 Å². The van der Waals surface area contributed by atoms with Gasteiger partial charge in [0, 0.05) is 18.8 Å². The second kappa shape index (κ2) is 5.59. The minimum absolute atomic E-state index is 0.362. The molecule has 1 N–H and O–H groups in total. The molecule has 3 rings (SSSR count). The van der Waals surface area contributed by atoms with Crippen molar-refractivity contribution in [1.29, 1.82) is 0 Å². The van der Waals surface area contributed by atoms with E-state index >= 15 is 0 Å². The Bertz CT molecular complexity index is 621. The van der Waals surface area contributed by atoms with Crippen molar-refractivity contribution in [2.24, 2.45) is 5.41 Å². The van der Waals surface area contributed by atoms with Crippen LogP contribution < -0.4 is 0 Å². The van der Waals surface area contributed by atoms with E-state index in [2.05, 4.69) is 20.5 Å². The van der Waals surface area contributed by atoms with Gasteiger partial charge in [-0.3, -0.25) is 9.78 Å². The fraction of sp³-hybridized carbons (Fsp3) is 0.500. The quantitative estimate of drug-likeness (QED) is 0.855. The SMILES string of the molecule is O=C(O)C1(Cn2nnnc2CCc2ccncc2)CCC1. The standard InChI is InChI=1S/C14H17N5O2/c20-13(21)14(6-1-7-14)10-19-12(16-17-18-19)3-2-11-4-8-15-9-5-11/h4-5,8-9H,1-3,6-7,10H2,(H,20,21). The summed E-state index contributed by atoms with van der Waals surface area (Å²) in [6.45, 7) is 0.362. The number of carboxylic acid groups (broad SMARTS) is 1.